The molecule has 0 saturated heterocycles. The molecule has 15 heavy (non-hydrogen) atoms. The first-order valence-corrected chi connectivity index (χ1v) is 6.12. The van der Waals surface area contributed by atoms with Gasteiger partial charge >= 0.3 is 0 Å². The predicted octanol–water partition coefficient (Wildman–Crippen LogP) is 0.650. The van der Waals surface area contributed by atoms with Crippen LogP contribution in [0.3, 0.4) is 0 Å². The van der Waals surface area contributed by atoms with Crippen molar-refractivity contribution >= 4 is 19.7 Å². The van der Waals surface area contributed by atoms with E-state index in [1.165, 1.54) is 6.07 Å². The molecule has 0 spiro atoms. The Morgan fingerprint density at radius 1 is 1.53 bits per heavy atom. The third kappa shape index (κ3) is 2.21. The molecular formula is C8H7ClN2O3S. The van der Waals surface area contributed by atoms with Crippen LogP contribution in [0.2, 0.25) is 0 Å². The van der Waals surface area contributed by atoms with Gasteiger partial charge in [0, 0.05) is 22.8 Å². The maximum atomic E-state index is 11.1. The molecule has 0 unspecified atom stereocenters. The van der Waals surface area contributed by atoms with E-state index in [9.17, 15) is 13.5 Å². The lowest BCUT2D eigenvalue weighted by Gasteiger charge is -2.07. The molecule has 0 fully saturated rings. The van der Waals surface area contributed by atoms with Crippen LogP contribution in [0.25, 0.3) is 0 Å². The first kappa shape index (κ1) is 11.8. The van der Waals surface area contributed by atoms with Gasteiger partial charge in [-0.1, -0.05) is 0 Å². The van der Waals surface area contributed by atoms with E-state index in [0.29, 0.717) is 0 Å². The topological polar surface area (TPSA) is 104 Å². The van der Waals surface area contributed by atoms with E-state index in [-0.39, 0.29) is 22.6 Å². The van der Waals surface area contributed by atoms with Gasteiger partial charge in [0.15, 0.2) is 0 Å². The predicted molar refractivity (Wildman–Crippen MR) is 53.8 cm³/mol. The van der Waals surface area contributed by atoms with E-state index in [2.05, 4.69) is 0 Å². The van der Waals surface area contributed by atoms with Crippen molar-refractivity contribution in [1.29, 1.82) is 5.26 Å². The quantitative estimate of drug-likeness (QED) is 0.746. The fourth-order valence-electron chi connectivity index (χ4n) is 1.13. The molecule has 5 nitrogen and oxygen atoms in total. The Labute approximate surface area is 91.1 Å². The standard InChI is InChI=1S/C8H7ClN2O3S/c9-15(13,14)7-2-1-5(3-10)8(12)6(7)4-11/h1-2,12H,4,11H2. The molecule has 7 heteroatoms. The molecule has 0 aliphatic carbocycles. The number of halogens is 1. The Hall–Kier alpha value is -1.29. The lowest BCUT2D eigenvalue weighted by Crippen LogP contribution is -2.05. The minimum Gasteiger partial charge on any atom is -0.506 e. The van der Waals surface area contributed by atoms with Gasteiger partial charge in [-0.25, -0.2) is 8.42 Å². The number of aromatic hydroxyl groups is 1. The number of phenols is 1. The third-order valence-corrected chi connectivity index (χ3v) is 3.23. The van der Waals surface area contributed by atoms with Gasteiger partial charge in [-0.2, -0.15) is 5.26 Å². The summed E-state index contributed by atoms with van der Waals surface area (Å²) in [7, 11) is 1.16. The summed E-state index contributed by atoms with van der Waals surface area (Å²) in [5.74, 6) is -0.443. The zero-order valence-electron chi connectivity index (χ0n) is 7.44. The second-order valence-corrected chi connectivity index (χ2v) is 5.23. The first-order valence-electron chi connectivity index (χ1n) is 3.81. The number of benzene rings is 1. The highest BCUT2D eigenvalue weighted by atomic mass is 35.7. The molecule has 80 valence electrons. The SMILES string of the molecule is N#Cc1ccc(S(=O)(=O)Cl)c(CN)c1O. The summed E-state index contributed by atoms with van der Waals surface area (Å²) in [5, 5.41) is 18.1. The van der Waals surface area contributed by atoms with Crippen molar-refractivity contribution in [1.82, 2.24) is 0 Å². The van der Waals surface area contributed by atoms with Crippen LogP contribution in [-0.2, 0) is 15.6 Å². The fourth-order valence-corrected chi connectivity index (χ4v) is 2.27. The lowest BCUT2D eigenvalue weighted by molar-refractivity contribution is 0.463. The van der Waals surface area contributed by atoms with E-state index in [4.69, 9.17) is 21.7 Å². The average Bonchev–Trinajstić information content (AvgIpc) is 2.15. The Bertz CT molecular complexity index is 534. The highest BCUT2D eigenvalue weighted by molar-refractivity contribution is 8.13. The van der Waals surface area contributed by atoms with Crippen LogP contribution in [0.1, 0.15) is 11.1 Å². The van der Waals surface area contributed by atoms with Crippen molar-refractivity contribution in [3.05, 3.63) is 23.3 Å². The molecule has 1 aromatic rings. The minimum atomic E-state index is -3.97. The largest absolute Gasteiger partial charge is 0.506 e. The van der Waals surface area contributed by atoms with Gasteiger partial charge in [0.1, 0.15) is 11.8 Å². The number of rotatable bonds is 2. The van der Waals surface area contributed by atoms with Crippen molar-refractivity contribution in [3.8, 4) is 11.8 Å². The molecule has 0 aromatic heterocycles. The van der Waals surface area contributed by atoms with Gasteiger partial charge in [0.25, 0.3) is 9.05 Å². The maximum absolute atomic E-state index is 11.1. The molecule has 0 saturated carbocycles. The summed E-state index contributed by atoms with van der Waals surface area (Å²) in [6.45, 7) is -0.220. The molecule has 0 amide bonds. The van der Waals surface area contributed by atoms with Crippen molar-refractivity contribution in [3.63, 3.8) is 0 Å². The highest BCUT2D eigenvalue weighted by Gasteiger charge is 2.19. The summed E-state index contributed by atoms with van der Waals surface area (Å²) in [4.78, 5) is -0.275. The van der Waals surface area contributed by atoms with Crippen molar-refractivity contribution in [2.45, 2.75) is 11.4 Å². The molecule has 0 bridgehead atoms. The van der Waals surface area contributed by atoms with E-state index in [0.717, 1.165) is 6.07 Å². The number of nitriles is 1. The third-order valence-electron chi connectivity index (χ3n) is 1.83. The lowest BCUT2D eigenvalue weighted by atomic mass is 10.1. The van der Waals surface area contributed by atoms with Crippen molar-refractivity contribution in [2.24, 2.45) is 5.73 Å². The molecule has 1 aromatic carbocycles. The Balaban J connectivity index is 3.61. The van der Waals surface area contributed by atoms with Crippen LogP contribution >= 0.6 is 10.7 Å². The number of hydrogen-bond acceptors (Lipinski definition) is 5. The van der Waals surface area contributed by atoms with Gasteiger partial charge in [0.05, 0.1) is 10.5 Å². The molecule has 0 atom stereocenters. The van der Waals surface area contributed by atoms with Crippen LogP contribution < -0.4 is 5.73 Å². The molecule has 0 aliphatic heterocycles. The molecule has 3 N–H and O–H groups in total. The molecule has 0 aliphatic rings. The summed E-state index contributed by atoms with van der Waals surface area (Å²) < 4.78 is 22.2. The van der Waals surface area contributed by atoms with E-state index in [1.807, 2.05) is 0 Å². The van der Waals surface area contributed by atoms with Gasteiger partial charge in [0.2, 0.25) is 0 Å². The summed E-state index contributed by atoms with van der Waals surface area (Å²) in [6.07, 6.45) is 0. The van der Waals surface area contributed by atoms with Gasteiger partial charge in [-0.3, -0.25) is 0 Å². The monoisotopic (exact) mass is 246 g/mol. The van der Waals surface area contributed by atoms with Crippen molar-refractivity contribution in [2.75, 3.05) is 0 Å². The Morgan fingerprint density at radius 3 is 2.53 bits per heavy atom. The fraction of sp³-hybridized carbons (Fsp3) is 0.125. The first-order chi connectivity index (χ1) is 6.91. The Morgan fingerprint density at radius 2 is 2.13 bits per heavy atom. The maximum Gasteiger partial charge on any atom is 0.261 e. The van der Waals surface area contributed by atoms with Gasteiger partial charge in [-0.15, -0.1) is 0 Å². The summed E-state index contributed by atoms with van der Waals surface area (Å²) in [5.41, 5.74) is 5.19. The van der Waals surface area contributed by atoms with Gasteiger partial charge < -0.3 is 10.8 Å². The van der Waals surface area contributed by atoms with Crippen LogP contribution in [0.5, 0.6) is 5.75 Å². The second kappa shape index (κ2) is 4.06. The minimum absolute atomic E-state index is 0.0421. The zero-order chi connectivity index (χ0) is 11.6. The van der Waals surface area contributed by atoms with E-state index < -0.39 is 14.8 Å². The average molecular weight is 247 g/mol. The number of nitrogens with zero attached hydrogens (tertiary/aromatic N) is 1. The smallest absolute Gasteiger partial charge is 0.261 e. The molecule has 0 radical (unpaired) electrons. The zero-order valence-corrected chi connectivity index (χ0v) is 9.01. The van der Waals surface area contributed by atoms with Crippen molar-refractivity contribution < 1.29 is 13.5 Å². The number of nitrogens with two attached hydrogens (primary N) is 1. The molecule has 0 heterocycles. The number of phenolic OH excluding ortho intramolecular Hbond substituents is 1. The van der Waals surface area contributed by atoms with Crippen LogP contribution in [0, 0.1) is 11.3 Å². The van der Waals surface area contributed by atoms with Crippen LogP contribution in [0.15, 0.2) is 17.0 Å². The van der Waals surface area contributed by atoms with Crippen LogP contribution in [-0.4, -0.2) is 13.5 Å². The molecular weight excluding hydrogens is 240 g/mol. The Kier molecular flexibility index (Phi) is 3.19. The van der Waals surface area contributed by atoms with Crippen LogP contribution in [0.4, 0.5) is 0 Å². The summed E-state index contributed by atoms with van der Waals surface area (Å²) in [6, 6.07) is 4.02. The van der Waals surface area contributed by atoms with E-state index >= 15 is 0 Å². The second-order valence-electron chi connectivity index (χ2n) is 2.69. The highest BCUT2D eigenvalue weighted by Crippen LogP contribution is 2.30. The van der Waals surface area contributed by atoms with E-state index in [1.54, 1.807) is 6.07 Å². The van der Waals surface area contributed by atoms with Gasteiger partial charge in [-0.05, 0) is 12.1 Å². The summed E-state index contributed by atoms with van der Waals surface area (Å²) >= 11 is 0. The number of hydrogen-bond donors (Lipinski definition) is 2. The molecule has 1 rings (SSSR count). The normalized spacial score (nSPS) is 11.0.